The van der Waals surface area contributed by atoms with Crippen LogP contribution in [0.2, 0.25) is 0 Å². The first-order valence-corrected chi connectivity index (χ1v) is 11.4. The van der Waals surface area contributed by atoms with E-state index in [1.807, 2.05) is 0 Å². The van der Waals surface area contributed by atoms with Crippen molar-refractivity contribution in [3.63, 3.8) is 0 Å². The SMILES string of the molecule is O=C1CCC(C[C@@H](C(=O)Nc2cnccn2)c2ccc(S(=O)(=O)C3CC3)cc2)C1. The van der Waals surface area contributed by atoms with Gasteiger partial charge in [-0.3, -0.25) is 14.6 Å². The summed E-state index contributed by atoms with van der Waals surface area (Å²) in [5, 5.41) is 2.51. The van der Waals surface area contributed by atoms with E-state index >= 15 is 0 Å². The molecule has 152 valence electrons. The predicted octanol–water partition coefficient (Wildman–Crippen LogP) is 2.89. The first kappa shape index (κ1) is 19.7. The quantitative estimate of drug-likeness (QED) is 0.748. The molecule has 0 radical (unpaired) electrons. The minimum absolute atomic E-state index is 0.148. The molecule has 1 aromatic carbocycles. The van der Waals surface area contributed by atoms with Crippen LogP contribution < -0.4 is 5.32 Å². The van der Waals surface area contributed by atoms with Crippen molar-refractivity contribution in [2.45, 2.75) is 54.6 Å². The number of hydrogen-bond donors (Lipinski definition) is 1. The Kier molecular flexibility index (Phi) is 5.45. The molecule has 1 amide bonds. The van der Waals surface area contributed by atoms with Gasteiger partial charge in [0.2, 0.25) is 5.91 Å². The van der Waals surface area contributed by atoms with Gasteiger partial charge in [0, 0.05) is 25.2 Å². The third kappa shape index (κ3) is 4.53. The van der Waals surface area contributed by atoms with Crippen LogP contribution in [-0.4, -0.2) is 35.3 Å². The molecule has 0 saturated heterocycles. The Balaban J connectivity index is 1.57. The van der Waals surface area contributed by atoms with E-state index in [1.54, 1.807) is 24.3 Å². The van der Waals surface area contributed by atoms with Gasteiger partial charge in [-0.05, 0) is 49.3 Å². The maximum atomic E-state index is 13.0. The number of anilines is 1. The van der Waals surface area contributed by atoms with Gasteiger partial charge in [0.1, 0.15) is 5.78 Å². The number of amides is 1. The molecule has 0 bridgehead atoms. The molecule has 1 unspecified atom stereocenters. The molecule has 2 atom stereocenters. The zero-order valence-corrected chi connectivity index (χ0v) is 16.8. The highest BCUT2D eigenvalue weighted by Crippen LogP contribution is 2.36. The maximum absolute atomic E-state index is 13.0. The summed E-state index contributed by atoms with van der Waals surface area (Å²) in [6, 6.07) is 6.61. The highest BCUT2D eigenvalue weighted by Gasteiger charge is 2.37. The number of nitrogens with zero attached hydrogens (tertiary/aromatic N) is 2. The summed E-state index contributed by atoms with van der Waals surface area (Å²) in [6.07, 6.45) is 8.28. The minimum Gasteiger partial charge on any atom is -0.309 e. The van der Waals surface area contributed by atoms with E-state index < -0.39 is 15.8 Å². The summed E-state index contributed by atoms with van der Waals surface area (Å²) in [7, 11) is -3.27. The number of hydrogen-bond acceptors (Lipinski definition) is 6. The van der Waals surface area contributed by atoms with Crippen LogP contribution in [0.15, 0.2) is 47.8 Å². The Morgan fingerprint density at radius 1 is 1.14 bits per heavy atom. The van der Waals surface area contributed by atoms with Gasteiger partial charge < -0.3 is 5.32 Å². The van der Waals surface area contributed by atoms with E-state index in [4.69, 9.17) is 0 Å². The molecule has 2 aliphatic carbocycles. The lowest BCUT2D eigenvalue weighted by Crippen LogP contribution is -2.24. The maximum Gasteiger partial charge on any atom is 0.233 e. The monoisotopic (exact) mass is 413 g/mol. The Hall–Kier alpha value is -2.61. The van der Waals surface area contributed by atoms with Gasteiger partial charge in [0.25, 0.3) is 0 Å². The van der Waals surface area contributed by atoms with Gasteiger partial charge in [-0.1, -0.05) is 12.1 Å². The molecular formula is C21H23N3O4S. The van der Waals surface area contributed by atoms with Gasteiger partial charge in [0.15, 0.2) is 15.7 Å². The molecule has 2 aromatic rings. The second kappa shape index (κ2) is 8.02. The average Bonchev–Trinajstić information content (AvgIpc) is 3.50. The number of benzene rings is 1. The van der Waals surface area contributed by atoms with Gasteiger partial charge in [-0.2, -0.15) is 0 Å². The first-order valence-electron chi connectivity index (χ1n) is 9.86. The van der Waals surface area contributed by atoms with Crippen LogP contribution in [0.1, 0.15) is 50.0 Å². The van der Waals surface area contributed by atoms with Crippen molar-refractivity contribution in [2.24, 2.45) is 5.92 Å². The van der Waals surface area contributed by atoms with Gasteiger partial charge in [0.05, 0.1) is 22.3 Å². The second-order valence-corrected chi connectivity index (χ2v) is 10.1. The fraction of sp³-hybridized carbons (Fsp3) is 0.429. The molecule has 4 rings (SSSR count). The molecule has 2 fully saturated rings. The lowest BCUT2D eigenvalue weighted by atomic mass is 9.87. The fourth-order valence-corrected chi connectivity index (χ4v) is 5.51. The number of carbonyl (C=O) groups excluding carboxylic acids is 2. The third-order valence-electron chi connectivity index (χ3n) is 5.62. The number of sulfone groups is 1. The molecule has 0 aliphatic heterocycles. The molecule has 2 aliphatic rings. The molecule has 8 heteroatoms. The summed E-state index contributed by atoms with van der Waals surface area (Å²) in [6.45, 7) is 0. The normalized spacial score (nSPS) is 20.4. The van der Waals surface area contributed by atoms with Crippen LogP contribution in [0.4, 0.5) is 5.82 Å². The number of ketones is 1. The average molecular weight is 413 g/mol. The standard InChI is InChI=1S/C21H23N3O4S/c25-16-4-1-14(11-16)12-19(21(26)24-20-13-22-9-10-23-20)15-2-5-17(6-3-15)29(27,28)18-7-8-18/h2-3,5-6,9-10,13-14,18-19H,1,4,7-8,11-12H2,(H,23,24,26)/t14?,19-/m1/s1. The molecule has 1 N–H and O–H groups in total. The van der Waals surface area contributed by atoms with Gasteiger partial charge in [-0.15, -0.1) is 0 Å². The summed E-state index contributed by atoms with van der Waals surface area (Å²) in [5.41, 5.74) is 0.737. The molecule has 2 saturated carbocycles. The summed E-state index contributed by atoms with van der Waals surface area (Å²) in [5.74, 6) is 0.00936. The van der Waals surface area contributed by atoms with Crippen LogP contribution in [0, 0.1) is 5.92 Å². The Labute approximate surface area is 169 Å². The van der Waals surface area contributed by atoms with Crippen molar-refractivity contribution in [3.8, 4) is 0 Å². The van der Waals surface area contributed by atoms with E-state index in [0.717, 1.165) is 12.0 Å². The van der Waals surface area contributed by atoms with Crippen molar-refractivity contribution < 1.29 is 18.0 Å². The number of nitrogens with one attached hydrogen (secondary N) is 1. The molecule has 1 heterocycles. The van der Waals surface area contributed by atoms with E-state index in [1.165, 1.54) is 18.6 Å². The van der Waals surface area contributed by atoms with Crippen LogP contribution in [0.5, 0.6) is 0 Å². The topological polar surface area (TPSA) is 106 Å². The lowest BCUT2D eigenvalue weighted by Gasteiger charge is -2.20. The summed E-state index contributed by atoms with van der Waals surface area (Å²) < 4.78 is 24.9. The predicted molar refractivity (Wildman–Crippen MR) is 107 cm³/mol. The number of Topliss-reactive ketones (excluding diaryl/α,β-unsaturated/α-hetero) is 1. The van der Waals surface area contributed by atoms with Crippen LogP contribution in [0.3, 0.4) is 0 Å². The van der Waals surface area contributed by atoms with Crippen molar-refractivity contribution in [1.82, 2.24) is 9.97 Å². The second-order valence-electron chi connectivity index (χ2n) is 7.83. The first-order chi connectivity index (χ1) is 13.9. The van der Waals surface area contributed by atoms with E-state index in [9.17, 15) is 18.0 Å². The van der Waals surface area contributed by atoms with Crippen molar-refractivity contribution >= 4 is 27.3 Å². The minimum atomic E-state index is -3.27. The van der Waals surface area contributed by atoms with E-state index in [-0.39, 0.29) is 22.9 Å². The molecule has 7 nitrogen and oxygen atoms in total. The van der Waals surface area contributed by atoms with Gasteiger partial charge >= 0.3 is 0 Å². The van der Waals surface area contributed by atoms with Gasteiger partial charge in [-0.25, -0.2) is 13.4 Å². The number of carbonyl (C=O) groups is 2. The molecule has 0 spiro atoms. The van der Waals surface area contributed by atoms with Crippen LogP contribution in [-0.2, 0) is 19.4 Å². The summed E-state index contributed by atoms with van der Waals surface area (Å²) >= 11 is 0. The smallest absolute Gasteiger partial charge is 0.233 e. The number of rotatable bonds is 7. The lowest BCUT2D eigenvalue weighted by molar-refractivity contribution is -0.119. The van der Waals surface area contributed by atoms with Crippen LogP contribution >= 0.6 is 0 Å². The Morgan fingerprint density at radius 3 is 2.48 bits per heavy atom. The fourth-order valence-electron chi connectivity index (χ4n) is 3.86. The van der Waals surface area contributed by atoms with Crippen molar-refractivity contribution in [2.75, 3.05) is 5.32 Å². The number of aromatic nitrogens is 2. The molecule has 29 heavy (non-hydrogen) atoms. The Bertz CT molecular complexity index is 1000. The molecular weight excluding hydrogens is 390 g/mol. The highest BCUT2D eigenvalue weighted by molar-refractivity contribution is 7.92. The molecule has 1 aromatic heterocycles. The van der Waals surface area contributed by atoms with Crippen molar-refractivity contribution in [1.29, 1.82) is 0 Å². The van der Waals surface area contributed by atoms with E-state index in [0.29, 0.717) is 42.8 Å². The highest BCUT2D eigenvalue weighted by atomic mass is 32.2. The largest absolute Gasteiger partial charge is 0.309 e. The Morgan fingerprint density at radius 2 is 1.90 bits per heavy atom. The van der Waals surface area contributed by atoms with Crippen LogP contribution in [0.25, 0.3) is 0 Å². The van der Waals surface area contributed by atoms with Crippen molar-refractivity contribution in [3.05, 3.63) is 48.4 Å². The zero-order valence-electron chi connectivity index (χ0n) is 16.0. The van der Waals surface area contributed by atoms with E-state index in [2.05, 4.69) is 15.3 Å². The summed E-state index contributed by atoms with van der Waals surface area (Å²) in [4.78, 5) is 33.0. The third-order valence-corrected chi connectivity index (χ3v) is 7.90. The zero-order chi connectivity index (χ0) is 20.4.